The van der Waals surface area contributed by atoms with Crippen molar-refractivity contribution in [2.45, 2.75) is 58.7 Å². The van der Waals surface area contributed by atoms with Crippen LogP contribution in [-0.2, 0) is 19.1 Å². The topological polar surface area (TPSA) is 89.9 Å². The van der Waals surface area contributed by atoms with Crippen LogP contribution in [-0.4, -0.2) is 41.1 Å². The van der Waals surface area contributed by atoms with Gasteiger partial charge in [-0.3, -0.25) is 4.79 Å². The van der Waals surface area contributed by atoms with E-state index in [2.05, 4.69) is 0 Å². The highest BCUT2D eigenvalue weighted by atomic mass is 16.5. The number of aliphatic hydroxyl groups is 1. The third-order valence-electron chi connectivity index (χ3n) is 8.59. The molecule has 2 aliphatic carbocycles. The summed E-state index contributed by atoms with van der Waals surface area (Å²) in [4.78, 5) is 37.3. The summed E-state index contributed by atoms with van der Waals surface area (Å²) in [7, 11) is 0. The lowest BCUT2D eigenvalue weighted by Gasteiger charge is -2.63. The summed E-state index contributed by atoms with van der Waals surface area (Å²) in [5.74, 6) is -1.12. The second-order valence-corrected chi connectivity index (χ2v) is 10.3. The smallest absolute Gasteiger partial charge is 0.338 e. The van der Waals surface area contributed by atoms with E-state index >= 15 is 0 Å². The van der Waals surface area contributed by atoms with Gasteiger partial charge in [0, 0.05) is 35.7 Å². The lowest BCUT2D eigenvalue weighted by molar-refractivity contribution is -0.218. The average Bonchev–Trinajstić information content (AvgIpc) is 3.20. The number of cyclic esters (lactones) is 1. The Morgan fingerprint density at radius 1 is 1.18 bits per heavy atom. The predicted molar refractivity (Wildman–Crippen MR) is 122 cm³/mol. The van der Waals surface area contributed by atoms with Crippen LogP contribution in [0.2, 0.25) is 0 Å². The van der Waals surface area contributed by atoms with Gasteiger partial charge in [-0.2, -0.15) is 0 Å². The first-order valence-corrected chi connectivity index (χ1v) is 11.6. The molecule has 0 amide bonds. The molecule has 1 aromatic carbocycles. The first-order valence-electron chi connectivity index (χ1n) is 11.6. The Labute approximate surface area is 194 Å². The fourth-order valence-electron chi connectivity index (χ4n) is 6.09. The minimum Gasteiger partial charge on any atom is -0.458 e. The van der Waals surface area contributed by atoms with Crippen LogP contribution in [0.25, 0.3) is 0 Å². The number of hydrogen-bond acceptors (Lipinski definition) is 6. The molecule has 2 fully saturated rings. The van der Waals surface area contributed by atoms with Crippen molar-refractivity contribution in [1.82, 2.24) is 0 Å². The predicted octanol–water partition coefficient (Wildman–Crippen LogP) is 4.03. The zero-order valence-corrected chi connectivity index (χ0v) is 19.7. The second kappa shape index (κ2) is 8.24. The summed E-state index contributed by atoms with van der Waals surface area (Å²) < 4.78 is 11.0. The Morgan fingerprint density at radius 3 is 2.52 bits per heavy atom. The lowest BCUT2D eigenvalue weighted by atomic mass is 9.43. The van der Waals surface area contributed by atoms with E-state index in [1.165, 1.54) is 6.08 Å². The van der Waals surface area contributed by atoms with E-state index in [9.17, 15) is 19.5 Å². The Morgan fingerprint density at radius 2 is 1.88 bits per heavy atom. The highest BCUT2D eigenvalue weighted by molar-refractivity contribution is 5.89. The summed E-state index contributed by atoms with van der Waals surface area (Å²) in [5.41, 5.74) is -1.38. The average molecular weight is 453 g/mol. The molecule has 0 radical (unpaired) electrons. The maximum absolute atomic E-state index is 13.0. The van der Waals surface area contributed by atoms with Crippen LogP contribution in [0.4, 0.5) is 0 Å². The summed E-state index contributed by atoms with van der Waals surface area (Å²) >= 11 is 0. The number of ketones is 1. The van der Waals surface area contributed by atoms with E-state index in [0.29, 0.717) is 18.4 Å². The molecule has 0 saturated heterocycles. The van der Waals surface area contributed by atoms with Gasteiger partial charge in [0.05, 0.1) is 11.2 Å². The molecule has 1 heterocycles. The van der Waals surface area contributed by atoms with E-state index in [-0.39, 0.29) is 36.6 Å². The minimum absolute atomic E-state index is 0.120. The number of hydrogen-bond donors (Lipinski definition) is 1. The van der Waals surface area contributed by atoms with Gasteiger partial charge in [-0.1, -0.05) is 51.1 Å². The molecule has 176 valence electrons. The van der Waals surface area contributed by atoms with Gasteiger partial charge >= 0.3 is 11.9 Å². The van der Waals surface area contributed by atoms with E-state index < -0.39 is 28.5 Å². The molecule has 0 spiro atoms. The number of Topliss-reactive ketones (excluding diaryl/α,β-unsaturated/α-hetero) is 1. The van der Waals surface area contributed by atoms with Crippen molar-refractivity contribution < 1.29 is 29.0 Å². The van der Waals surface area contributed by atoms with Crippen LogP contribution in [0.3, 0.4) is 0 Å². The summed E-state index contributed by atoms with van der Waals surface area (Å²) in [5, 5.41) is 11.7. The van der Waals surface area contributed by atoms with Crippen LogP contribution in [0.1, 0.15) is 57.3 Å². The van der Waals surface area contributed by atoms with Crippen LogP contribution >= 0.6 is 0 Å². The molecule has 6 nitrogen and oxygen atoms in total. The zero-order valence-electron chi connectivity index (χ0n) is 19.7. The number of benzene rings is 1. The minimum atomic E-state index is -1.21. The number of esters is 2. The molecule has 1 N–H and O–H groups in total. The molecule has 1 aromatic rings. The van der Waals surface area contributed by atoms with Crippen LogP contribution < -0.4 is 0 Å². The number of carbonyl (C=O) groups is 3. The van der Waals surface area contributed by atoms with Gasteiger partial charge < -0.3 is 14.6 Å². The van der Waals surface area contributed by atoms with Crippen molar-refractivity contribution in [1.29, 1.82) is 0 Å². The first-order chi connectivity index (χ1) is 15.5. The Bertz CT molecular complexity index is 1020. The van der Waals surface area contributed by atoms with Crippen molar-refractivity contribution in [2.24, 2.45) is 22.7 Å². The molecule has 0 aromatic heterocycles. The lowest BCUT2D eigenvalue weighted by Crippen LogP contribution is -2.67. The Kier molecular flexibility index (Phi) is 5.85. The maximum atomic E-state index is 13.0. The molecule has 2 saturated carbocycles. The Hall–Kier alpha value is -2.73. The summed E-state index contributed by atoms with van der Waals surface area (Å²) in [6.07, 6.45) is 5.84. The molecule has 6 heteroatoms. The zero-order chi connectivity index (χ0) is 24.0. The second-order valence-electron chi connectivity index (χ2n) is 10.3. The van der Waals surface area contributed by atoms with E-state index in [1.807, 2.05) is 39.0 Å². The van der Waals surface area contributed by atoms with Gasteiger partial charge in [0.2, 0.25) is 0 Å². The molecule has 33 heavy (non-hydrogen) atoms. The molecule has 1 aliphatic heterocycles. The van der Waals surface area contributed by atoms with Gasteiger partial charge in [0.25, 0.3) is 0 Å². The van der Waals surface area contributed by atoms with E-state index in [1.54, 1.807) is 31.2 Å². The molecule has 4 rings (SSSR count). The molecule has 3 aliphatic rings. The van der Waals surface area contributed by atoms with Gasteiger partial charge in [-0.25, -0.2) is 9.59 Å². The molecule has 0 bridgehead atoms. The van der Waals surface area contributed by atoms with Crippen molar-refractivity contribution in [3.8, 4) is 0 Å². The molecular formula is C27H32O6. The monoisotopic (exact) mass is 452 g/mol. The maximum Gasteiger partial charge on any atom is 0.338 e. The van der Waals surface area contributed by atoms with Crippen LogP contribution in [0, 0.1) is 22.7 Å². The van der Waals surface area contributed by atoms with Crippen LogP contribution in [0.5, 0.6) is 0 Å². The van der Waals surface area contributed by atoms with Gasteiger partial charge in [0.15, 0.2) is 0 Å². The highest BCUT2D eigenvalue weighted by Crippen LogP contribution is 2.63. The molecular weight excluding hydrogens is 420 g/mol. The quantitative estimate of drug-likeness (QED) is 0.694. The fraction of sp³-hybridized carbons (Fsp3) is 0.519. The number of ether oxygens (including phenoxy) is 2. The van der Waals surface area contributed by atoms with Crippen molar-refractivity contribution >= 4 is 17.7 Å². The number of rotatable bonds is 4. The van der Waals surface area contributed by atoms with Gasteiger partial charge in [-0.05, 0) is 37.0 Å². The Balaban J connectivity index is 1.73. The normalized spacial score (nSPS) is 38.6. The van der Waals surface area contributed by atoms with Crippen molar-refractivity contribution in [3.63, 3.8) is 0 Å². The van der Waals surface area contributed by atoms with E-state index in [4.69, 9.17) is 9.47 Å². The van der Waals surface area contributed by atoms with E-state index in [0.717, 1.165) is 5.57 Å². The fourth-order valence-corrected chi connectivity index (χ4v) is 6.09. The van der Waals surface area contributed by atoms with Gasteiger partial charge in [-0.15, -0.1) is 0 Å². The summed E-state index contributed by atoms with van der Waals surface area (Å²) in [6.45, 7) is 7.91. The number of carbonyl (C=O) groups excluding carboxylic acids is 3. The number of fused-ring (bicyclic) bond motifs is 1. The SMILES string of the molecule is C[C@@H]1C(=O)CC[C@H]2[C@@]1(C)[C@@H](OC(=O)c1ccccc1)C[C@](C)(O)[C@]2(C)/C=C/C1=CC(=O)OC1. The van der Waals surface area contributed by atoms with Gasteiger partial charge in [0.1, 0.15) is 18.5 Å². The van der Waals surface area contributed by atoms with Crippen molar-refractivity contribution in [2.75, 3.05) is 6.61 Å². The summed E-state index contributed by atoms with van der Waals surface area (Å²) in [6, 6.07) is 8.78. The standard InChI is InChI=1S/C27H32O6/c1-17-20(28)10-11-21-25(2,13-12-18-14-23(29)32-16-18)26(3,31)15-22(27(17,21)4)33-24(30)19-8-6-5-7-9-19/h5-9,12-14,17,21-22,31H,10-11,15-16H2,1-4H3/b13-12+/t17-,21-,22+,25-,26+,27+/m1/s1. The van der Waals surface area contributed by atoms with Crippen LogP contribution in [0.15, 0.2) is 54.1 Å². The molecule has 0 unspecified atom stereocenters. The van der Waals surface area contributed by atoms with Crippen molar-refractivity contribution in [3.05, 3.63) is 59.7 Å². The third-order valence-corrected chi connectivity index (χ3v) is 8.59. The molecule has 6 atom stereocenters. The third kappa shape index (κ3) is 3.84. The highest BCUT2D eigenvalue weighted by Gasteiger charge is 2.66. The first kappa shape index (κ1) is 23.4. The largest absolute Gasteiger partial charge is 0.458 e.